The van der Waals surface area contributed by atoms with Crippen LogP contribution in [0.15, 0.2) is 91.0 Å². The summed E-state index contributed by atoms with van der Waals surface area (Å²) in [7, 11) is 0. The van der Waals surface area contributed by atoms with Crippen molar-refractivity contribution in [3.63, 3.8) is 0 Å². The fraction of sp³-hybridized carbons (Fsp3) is 0.429. The molecule has 0 saturated carbocycles. The predicted molar refractivity (Wildman–Crippen MR) is 189 cm³/mol. The Morgan fingerprint density at radius 2 is 0.583 bits per heavy atom. The Kier molecular flexibility index (Phi) is 9.84. The highest BCUT2D eigenvalue weighted by Gasteiger charge is 2.32. The highest BCUT2D eigenvalue weighted by atomic mass is 16.7. The predicted octanol–water partition coefficient (Wildman–Crippen LogP) is 8.77. The first-order valence-corrected chi connectivity index (χ1v) is 17.5. The van der Waals surface area contributed by atoms with Crippen LogP contribution in [0.1, 0.15) is 56.7 Å². The average Bonchev–Trinajstić information content (AvgIpc) is 3.88. The number of hydrogen-bond donors (Lipinski definition) is 0. The van der Waals surface area contributed by atoms with Gasteiger partial charge in [0.25, 0.3) is 0 Å². The summed E-state index contributed by atoms with van der Waals surface area (Å²) < 4.78 is 34.9. The van der Waals surface area contributed by atoms with Crippen LogP contribution in [0.3, 0.4) is 0 Å². The van der Waals surface area contributed by atoms with E-state index in [0.29, 0.717) is 39.6 Å². The van der Waals surface area contributed by atoms with Crippen LogP contribution in [-0.2, 0) is 47.7 Å². The van der Waals surface area contributed by atoms with Gasteiger partial charge >= 0.3 is 0 Å². The Hall–Kier alpha value is -3.36. The van der Waals surface area contributed by atoms with Gasteiger partial charge in [0, 0.05) is 19.3 Å². The van der Waals surface area contributed by atoms with Gasteiger partial charge in [0.2, 0.25) is 0 Å². The minimum atomic E-state index is -0.473. The Balaban J connectivity index is 1.12. The van der Waals surface area contributed by atoms with Crippen molar-refractivity contribution in [2.45, 2.75) is 76.7 Å². The van der Waals surface area contributed by atoms with Crippen LogP contribution in [0.5, 0.6) is 0 Å². The molecule has 0 unspecified atom stereocenters. The lowest BCUT2D eigenvalue weighted by Crippen LogP contribution is -2.26. The van der Waals surface area contributed by atoms with Crippen molar-refractivity contribution < 1.29 is 28.4 Å². The van der Waals surface area contributed by atoms with Crippen molar-refractivity contribution in [3.05, 3.63) is 108 Å². The number of ether oxygens (including phenoxy) is 6. The Morgan fingerprint density at radius 1 is 0.354 bits per heavy atom. The average molecular weight is 649 g/mol. The molecule has 4 aromatic rings. The second-order valence-electron chi connectivity index (χ2n) is 13.9. The van der Waals surface area contributed by atoms with Crippen molar-refractivity contribution in [1.29, 1.82) is 0 Å². The lowest BCUT2D eigenvalue weighted by atomic mass is 9.91. The van der Waals surface area contributed by atoms with Gasteiger partial charge in [-0.15, -0.1) is 0 Å². The van der Waals surface area contributed by atoms with Crippen LogP contribution in [0.4, 0.5) is 0 Å². The summed E-state index contributed by atoms with van der Waals surface area (Å²) in [6, 6.07) is 33.8. The minimum absolute atomic E-state index is 0.473. The van der Waals surface area contributed by atoms with Gasteiger partial charge in [0.05, 0.1) is 39.6 Å². The molecule has 3 heterocycles. The minimum Gasteiger partial charge on any atom is -0.348 e. The highest BCUT2D eigenvalue weighted by molar-refractivity contribution is 5.81. The van der Waals surface area contributed by atoms with Gasteiger partial charge in [-0.25, -0.2) is 0 Å². The molecule has 0 aliphatic carbocycles. The van der Waals surface area contributed by atoms with Crippen LogP contribution in [0.2, 0.25) is 0 Å². The maximum absolute atomic E-state index is 5.82. The molecule has 0 amide bonds. The molecular formula is C42H48O6. The molecule has 0 aromatic heterocycles. The molecule has 7 rings (SSSR count). The molecule has 0 atom stereocenters. The third-order valence-corrected chi connectivity index (χ3v) is 10.1. The van der Waals surface area contributed by atoms with E-state index in [2.05, 4.69) is 91.0 Å². The van der Waals surface area contributed by atoms with Gasteiger partial charge in [0.1, 0.15) is 0 Å². The monoisotopic (exact) mass is 648 g/mol. The van der Waals surface area contributed by atoms with E-state index in [1.165, 1.54) is 50.1 Å². The molecular weight excluding hydrogens is 600 g/mol. The summed E-state index contributed by atoms with van der Waals surface area (Å²) in [5.41, 5.74) is 11.0. The SMILES string of the molecule is CC1(CCc2ccc(-c3cc(-c4ccc(CCC5(C)OCCO5)cc4)cc(-c4ccc(CCC5(C)OCCO5)cc4)c3)cc2)OCCO1. The van der Waals surface area contributed by atoms with Crippen LogP contribution < -0.4 is 0 Å². The van der Waals surface area contributed by atoms with Crippen molar-refractivity contribution >= 4 is 0 Å². The van der Waals surface area contributed by atoms with E-state index in [0.717, 1.165) is 38.5 Å². The van der Waals surface area contributed by atoms with Crippen LogP contribution in [0.25, 0.3) is 33.4 Å². The van der Waals surface area contributed by atoms with Crippen molar-refractivity contribution in [3.8, 4) is 33.4 Å². The molecule has 3 saturated heterocycles. The molecule has 48 heavy (non-hydrogen) atoms. The van der Waals surface area contributed by atoms with Gasteiger partial charge in [-0.05, 0) is 108 Å². The second-order valence-corrected chi connectivity index (χ2v) is 13.9. The maximum atomic E-state index is 5.82. The zero-order valence-corrected chi connectivity index (χ0v) is 28.6. The van der Waals surface area contributed by atoms with Gasteiger partial charge in [-0.3, -0.25) is 0 Å². The van der Waals surface area contributed by atoms with Crippen molar-refractivity contribution in [1.82, 2.24) is 0 Å². The normalized spacial score (nSPS) is 19.6. The van der Waals surface area contributed by atoms with Gasteiger partial charge < -0.3 is 28.4 Å². The molecule has 0 radical (unpaired) electrons. The summed E-state index contributed by atoms with van der Waals surface area (Å²) in [6.07, 6.45) is 5.27. The molecule has 6 heteroatoms. The van der Waals surface area contributed by atoms with E-state index in [1.807, 2.05) is 20.8 Å². The molecule has 6 nitrogen and oxygen atoms in total. The molecule has 4 aromatic carbocycles. The summed E-state index contributed by atoms with van der Waals surface area (Å²) in [6.45, 7) is 10.2. The molecule has 3 aliphatic rings. The van der Waals surface area contributed by atoms with Crippen LogP contribution in [-0.4, -0.2) is 57.0 Å². The zero-order valence-electron chi connectivity index (χ0n) is 28.6. The number of aryl methyl sites for hydroxylation is 3. The van der Waals surface area contributed by atoms with Crippen LogP contribution in [0, 0.1) is 0 Å². The summed E-state index contributed by atoms with van der Waals surface area (Å²) in [5.74, 6) is -1.42. The standard InChI is InChI=1S/C42H48O6/c1-40(43-22-23-44-40)19-16-31-4-10-34(11-5-31)37-28-38(35-12-6-32(7-13-35)17-20-41(2)45-24-25-46-41)30-39(29-37)36-14-8-33(9-15-36)18-21-42(3)47-26-27-48-42/h4-15,28-30H,16-27H2,1-3H3. The first kappa shape index (κ1) is 33.2. The zero-order chi connectivity index (χ0) is 33.0. The van der Waals surface area contributed by atoms with Gasteiger partial charge in [-0.2, -0.15) is 0 Å². The molecule has 0 spiro atoms. The largest absolute Gasteiger partial charge is 0.348 e. The third-order valence-electron chi connectivity index (χ3n) is 10.1. The summed E-state index contributed by atoms with van der Waals surface area (Å²) >= 11 is 0. The quantitative estimate of drug-likeness (QED) is 0.153. The summed E-state index contributed by atoms with van der Waals surface area (Å²) in [5, 5.41) is 0. The van der Waals surface area contributed by atoms with Gasteiger partial charge in [-0.1, -0.05) is 72.8 Å². The fourth-order valence-electron chi connectivity index (χ4n) is 6.94. The number of benzene rings is 4. The van der Waals surface area contributed by atoms with E-state index in [4.69, 9.17) is 28.4 Å². The topological polar surface area (TPSA) is 55.4 Å². The highest BCUT2D eigenvalue weighted by Crippen LogP contribution is 2.35. The Morgan fingerprint density at radius 3 is 0.812 bits per heavy atom. The van der Waals surface area contributed by atoms with Gasteiger partial charge in [0.15, 0.2) is 17.4 Å². The van der Waals surface area contributed by atoms with Crippen LogP contribution >= 0.6 is 0 Å². The Labute approximate surface area is 285 Å². The fourth-order valence-corrected chi connectivity index (χ4v) is 6.94. The Bertz CT molecular complexity index is 1430. The van der Waals surface area contributed by atoms with E-state index >= 15 is 0 Å². The smallest absolute Gasteiger partial charge is 0.166 e. The molecule has 3 fully saturated rings. The third kappa shape index (κ3) is 8.08. The second kappa shape index (κ2) is 14.2. The van der Waals surface area contributed by atoms with E-state index < -0.39 is 17.4 Å². The summed E-state index contributed by atoms with van der Waals surface area (Å²) in [4.78, 5) is 0. The molecule has 3 aliphatic heterocycles. The lowest BCUT2D eigenvalue weighted by molar-refractivity contribution is -0.146. The van der Waals surface area contributed by atoms with Crippen molar-refractivity contribution in [2.24, 2.45) is 0 Å². The van der Waals surface area contributed by atoms with Crippen molar-refractivity contribution in [2.75, 3.05) is 39.6 Å². The molecule has 0 bridgehead atoms. The number of hydrogen-bond acceptors (Lipinski definition) is 6. The lowest BCUT2D eigenvalue weighted by Gasteiger charge is -2.22. The first-order chi connectivity index (χ1) is 23.3. The number of rotatable bonds is 12. The maximum Gasteiger partial charge on any atom is 0.166 e. The molecule has 252 valence electrons. The molecule has 0 N–H and O–H groups in total. The van der Waals surface area contributed by atoms with E-state index in [1.54, 1.807) is 0 Å². The van der Waals surface area contributed by atoms with E-state index in [-0.39, 0.29) is 0 Å². The van der Waals surface area contributed by atoms with E-state index in [9.17, 15) is 0 Å². The first-order valence-electron chi connectivity index (χ1n) is 17.5.